The van der Waals surface area contributed by atoms with Crippen LogP contribution in [0.25, 0.3) is 0 Å². The molecule has 54 heavy (non-hydrogen) atoms. The molecule has 0 spiro atoms. The van der Waals surface area contributed by atoms with E-state index in [-0.39, 0.29) is 63.5 Å². The molecule has 5 aliphatic carbocycles. The van der Waals surface area contributed by atoms with Crippen LogP contribution >= 0.6 is 0 Å². The third-order valence-corrected chi connectivity index (χ3v) is 16.4. The Balaban J connectivity index is 1.26. The van der Waals surface area contributed by atoms with Gasteiger partial charge in [-0.25, -0.2) is 0 Å². The summed E-state index contributed by atoms with van der Waals surface area (Å²) < 4.78 is 6.17. The lowest BCUT2D eigenvalue weighted by molar-refractivity contribution is -0.232. The first-order valence-electron chi connectivity index (χ1n) is 20.9. The number of hydrogen-bond donors (Lipinski definition) is 1. The van der Waals surface area contributed by atoms with Crippen molar-refractivity contribution in [3.63, 3.8) is 0 Å². The van der Waals surface area contributed by atoms with Gasteiger partial charge in [-0.3, -0.25) is 24.2 Å². The Kier molecular flexibility index (Phi) is 10.4. The summed E-state index contributed by atoms with van der Waals surface area (Å²) in [6, 6.07) is 4.06. The number of ether oxygens (including phenoxy) is 1. The fourth-order valence-corrected chi connectivity index (χ4v) is 13.2. The second-order valence-corrected chi connectivity index (χ2v) is 20.7. The average molecular weight is 742 g/mol. The zero-order valence-electron chi connectivity index (χ0n) is 35.1. The van der Waals surface area contributed by atoms with Crippen molar-refractivity contribution in [1.82, 2.24) is 4.98 Å². The van der Waals surface area contributed by atoms with Gasteiger partial charge in [0, 0.05) is 41.5 Å². The number of fused-ring (bicyclic) bond motifs is 7. The molecule has 6 rings (SSSR count). The maximum Gasteiger partial charge on any atom is 0.309 e. The molecule has 5 aliphatic rings. The van der Waals surface area contributed by atoms with E-state index < -0.39 is 22.8 Å². The van der Waals surface area contributed by atoms with E-state index in [0.717, 1.165) is 68.2 Å². The predicted molar refractivity (Wildman–Crippen MR) is 211 cm³/mol. The Morgan fingerprint density at radius 3 is 2.28 bits per heavy atom. The van der Waals surface area contributed by atoms with Crippen molar-refractivity contribution in [1.29, 1.82) is 0 Å². The normalized spacial score (nSPS) is 36.6. The highest BCUT2D eigenvalue weighted by atomic mass is 16.5. The molecule has 9 atom stereocenters. The average Bonchev–Trinajstić information content (AvgIpc) is 3.37. The number of nitrogens with zero attached hydrogens (tertiary/aromatic N) is 1. The molecule has 0 unspecified atom stereocenters. The molecule has 7 heteroatoms. The number of pyridine rings is 1. The van der Waals surface area contributed by atoms with Gasteiger partial charge in [-0.15, -0.1) is 0 Å². The standard InChI is InChI=1S/C47H67NO6/c1-28(2)39-34(50)25-47(21-16-31(49)24-30(4)33-14-12-29(3)27-48-33)23-22-45(10)32(40(39)47)13-15-36-44(9)19-18-37(54-38(51)26-42(5,6)41(52)53)43(7,8)35(44)17-20-46(36,45)11/h12,14,16,21,27-28,30,32,35-37H,13,15,17-20,22-26H2,1-11H3,(H,52,53)/b21-16+/t30-,32+,35-,36+,37-,44-,45+,46+,47-/m0/s1. The first-order chi connectivity index (χ1) is 25.0. The number of hydrogen-bond acceptors (Lipinski definition) is 6. The number of esters is 1. The SMILES string of the molecule is Cc1ccc([C@@H](C)CC(=O)/C=C/[C@@]23CC[C@]4(C)[C@H](CC[C@@H]5[C@@]6(C)CC[C@H](OC(=O)CC(C)(C)C(=O)O)C(C)(C)[C@@H]6CC[C@]54C)C2=C(C(C)C)C(=O)C3)nc1. The molecule has 1 N–H and O–H groups in total. The summed E-state index contributed by atoms with van der Waals surface area (Å²) in [6.45, 7) is 23.8. The number of carbonyl (C=O) groups excluding carboxylic acids is 3. The van der Waals surface area contributed by atoms with Gasteiger partial charge in [0.05, 0.1) is 11.8 Å². The van der Waals surface area contributed by atoms with Crippen LogP contribution in [-0.2, 0) is 23.9 Å². The number of aromatic nitrogens is 1. The molecule has 7 nitrogen and oxygen atoms in total. The Morgan fingerprint density at radius 2 is 1.65 bits per heavy atom. The lowest BCUT2D eigenvalue weighted by Gasteiger charge is -2.72. The van der Waals surface area contributed by atoms with Crippen LogP contribution in [0.15, 0.2) is 41.6 Å². The fraction of sp³-hybridized carbons (Fsp3) is 0.723. The van der Waals surface area contributed by atoms with Gasteiger partial charge in [0.1, 0.15) is 6.10 Å². The second-order valence-electron chi connectivity index (χ2n) is 20.7. The highest BCUT2D eigenvalue weighted by Gasteiger charge is 2.70. The third-order valence-electron chi connectivity index (χ3n) is 16.4. The highest BCUT2D eigenvalue weighted by Crippen LogP contribution is 2.77. The van der Waals surface area contributed by atoms with Crippen LogP contribution in [0.3, 0.4) is 0 Å². The molecule has 0 bridgehead atoms. The summed E-state index contributed by atoms with van der Waals surface area (Å²) in [6.07, 6.45) is 14.3. The number of ketones is 2. The summed E-state index contributed by atoms with van der Waals surface area (Å²) in [4.78, 5) is 57.0. The number of rotatable bonds is 10. The van der Waals surface area contributed by atoms with Crippen molar-refractivity contribution < 1.29 is 29.0 Å². The molecule has 4 fully saturated rings. The van der Waals surface area contributed by atoms with E-state index in [4.69, 9.17) is 4.74 Å². The Hall–Kier alpha value is -3.09. The van der Waals surface area contributed by atoms with Gasteiger partial charge in [0.2, 0.25) is 0 Å². The molecule has 4 saturated carbocycles. The van der Waals surface area contributed by atoms with Crippen LogP contribution in [0.2, 0.25) is 0 Å². The highest BCUT2D eigenvalue weighted by molar-refractivity contribution is 6.01. The van der Waals surface area contributed by atoms with Gasteiger partial charge in [-0.2, -0.15) is 0 Å². The molecule has 1 heterocycles. The molecule has 0 aromatic carbocycles. The van der Waals surface area contributed by atoms with E-state index in [9.17, 15) is 24.3 Å². The number of aryl methyl sites for hydroxylation is 1. The van der Waals surface area contributed by atoms with Gasteiger partial charge in [-0.05, 0) is 141 Å². The maximum absolute atomic E-state index is 14.0. The van der Waals surface area contributed by atoms with E-state index in [0.29, 0.717) is 24.7 Å². The van der Waals surface area contributed by atoms with Gasteiger partial charge in [0.15, 0.2) is 11.6 Å². The number of carboxylic acids is 1. The smallest absolute Gasteiger partial charge is 0.309 e. The molecule has 0 amide bonds. The zero-order chi connectivity index (χ0) is 39.8. The van der Waals surface area contributed by atoms with Gasteiger partial charge in [-0.1, -0.05) is 67.5 Å². The van der Waals surface area contributed by atoms with E-state index in [1.54, 1.807) is 19.9 Å². The molecule has 0 saturated heterocycles. The van der Waals surface area contributed by atoms with E-state index >= 15 is 0 Å². The van der Waals surface area contributed by atoms with E-state index in [1.807, 2.05) is 25.3 Å². The molecule has 296 valence electrons. The summed E-state index contributed by atoms with van der Waals surface area (Å²) >= 11 is 0. The summed E-state index contributed by atoms with van der Waals surface area (Å²) in [5.41, 5.74) is 2.74. The number of aliphatic carboxylic acids is 1. The predicted octanol–water partition coefficient (Wildman–Crippen LogP) is 10.4. The van der Waals surface area contributed by atoms with Crippen molar-refractivity contribution in [2.24, 2.45) is 56.2 Å². The van der Waals surface area contributed by atoms with E-state index in [1.165, 1.54) is 5.57 Å². The van der Waals surface area contributed by atoms with Crippen LogP contribution in [0.1, 0.15) is 157 Å². The number of Topliss-reactive ketones (excluding diaryl/α,β-unsaturated/α-hetero) is 1. The Labute approximate surface area is 324 Å². The van der Waals surface area contributed by atoms with Gasteiger partial charge >= 0.3 is 11.9 Å². The monoisotopic (exact) mass is 741 g/mol. The van der Waals surface area contributed by atoms with Crippen LogP contribution < -0.4 is 0 Å². The van der Waals surface area contributed by atoms with Crippen LogP contribution in [0.4, 0.5) is 0 Å². The van der Waals surface area contributed by atoms with Crippen molar-refractivity contribution in [3.05, 3.63) is 52.9 Å². The van der Waals surface area contributed by atoms with Crippen molar-refractivity contribution in [2.45, 2.75) is 159 Å². The van der Waals surface area contributed by atoms with Gasteiger partial charge in [0.25, 0.3) is 0 Å². The second kappa shape index (κ2) is 13.8. The molecule has 0 aliphatic heterocycles. The third kappa shape index (κ3) is 6.45. The van der Waals surface area contributed by atoms with E-state index in [2.05, 4.69) is 66.4 Å². The summed E-state index contributed by atoms with van der Waals surface area (Å²) in [5.74, 6) is 0.248. The lowest BCUT2D eigenvalue weighted by atomic mass is 9.33. The number of carboxylic acid groups (broad SMARTS) is 1. The first-order valence-corrected chi connectivity index (χ1v) is 20.9. The van der Waals surface area contributed by atoms with Crippen molar-refractivity contribution in [3.8, 4) is 0 Å². The van der Waals surface area contributed by atoms with Crippen LogP contribution in [0, 0.1) is 63.1 Å². The topological polar surface area (TPSA) is 111 Å². The molecule has 1 aromatic rings. The first kappa shape index (κ1) is 40.6. The minimum atomic E-state index is -1.17. The summed E-state index contributed by atoms with van der Waals surface area (Å²) in [5, 5.41) is 9.62. The Bertz CT molecular complexity index is 1750. The molecular weight excluding hydrogens is 675 g/mol. The minimum Gasteiger partial charge on any atom is -0.481 e. The quantitative estimate of drug-likeness (QED) is 0.188. The van der Waals surface area contributed by atoms with Gasteiger partial charge < -0.3 is 9.84 Å². The number of allylic oxidation sites excluding steroid dienone is 4. The zero-order valence-corrected chi connectivity index (χ0v) is 35.1. The maximum atomic E-state index is 14.0. The Morgan fingerprint density at radius 1 is 0.944 bits per heavy atom. The van der Waals surface area contributed by atoms with Crippen LogP contribution in [0.5, 0.6) is 0 Å². The largest absolute Gasteiger partial charge is 0.481 e. The molecular formula is C47H67NO6. The minimum absolute atomic E-state index is 0.00678. The number of carbonyl (C=O) groups is 4. The van der Waals surface area contributed by atoms with Crippen molar-refractivity contribution in [2.75, 3.05) is 0 Å². The van der Waals surface area contributed by atoms with Crippen LogP contribution in [-0.4, -0.2) is 39.7 Å². The lowest BCUT2D eigenvalue weighted by Crippen LogP contribution is -2.65. The summed E-state index contributed by atoms with van der Waals surface area (Å²) in [7, 11) is 0. The van der Waals surface area contributed by atoms with Crippen molar-refractivity contribution >= 4 is 23.5 Å². The molecule has 1 aromatic heterocycles. The fourth-order valence-electron chi connectivity index (χ4n) is 13.2. The molecule has 0 radical (unpaired) electrons.